The summed E-state index contributed by atoms with van der Waals surface area (Å²) in [4.78, 5) is 12.2. The molecule has 17 heavy (non-hydrogen) atoms. The highest BCUT2D eigenvalue weighted by Crippen LogP contribution is 2.27. The molecule has 0 amide bonds. The Morgan fingerprint density at radius 1 is 1.12 bits per heavy atom. The van der Waals surface area contributed by atoms with E-state index in [9.17, 15) is 4.79 Å². The minimum atomic E-state index is -0.115. The van der Waals surface area contributed by atoms with Gasteiger partial charge >= 0.3 is 0 Å². The first-order chi connectivity index (χ1) is 8.09. The second kappa shape index (κ2) is 4.90. The highest BCUT2D eigenvalue weighted by molar-refractivity contribution is 9.10. The molecule has 0 fully saturated rings. The SMILES string of the molecule is Nc1ccc(C(=O)c2cccc(Br)c2Cl)cc1. The lowest BCUT2D eigenvalue weighted by Crippen LogP contribution is -2.02. The molecule has 0 radical (unpaired) electrons. The van der Waals surface area contributed by atoms with Crippen molar-refractivity contribution in [1.29, 1.82) is 0 Å². The zero-order chi connectivity index (χ0) is 12.4. The maximum Gasteiger partial charge on any atom is 0.194 e. The van der Waals surface area contributed by atoms with E-state index in [4.69, 9.17) is 17.3 Å². The van der Waals surface area contributed by atoms with Gasteiger partial charge in [0.05, 0.1) is 5.02 Å². The monoisotopic (exact) mass is 309 g/mol. The third kappa shape index (κ3) is 2.51. The zero-order valence-electron chi connectivity index (χ0n) is 8.78. The largest absolute Gasteiger partial charge is 0.399 e. The Labute approximate surface area is 113 Å². The molecule has 2 nitrogen and oxygen atoms in total. The second-order valence-electron chi connectivity index (χ2n) is 3.55. The third-order valence-corrected chi connectivity index (χ3v) is 3.67. The maximum absolute atomic E-state index is 12.2. The Hall–Kier alpha value is -1.32. The molecule has 0 aromatic heterocycles. The topological polar surface area (TPSA) is 43.1 Å². The smallest absolute Gasteiger partial charge is 0.194 e. The summed E-state index contributed by atoms with van der Waals surface area (Å²) in [5, 5.41) is 0.425. The summed E-state index contributed by atoms with van der Waals surface area (Å²) in [6.07, 6.45) is 0. The number of halogens is 2. The number of ketones is 1. The number of nitrogen functional groups attached to an aromatic ring is 1. The van der Waals surface area contributed by atoms with Crippen molar-refractivity contribution in [3.63, 3.8) is 0 Å². The molecule has 0 aliphatic rings. The van der Waals surface area contributed by atoms with Crippen molar-refractivity contribution >= 4 is 39.0 Å². The number of carbonyl (C=O) groups excluding carboxylic acids is 1. The average Bonchev–Trinajstić information content (AvgIpc) is 2.33. The van der Waals surface area contributed by atoms with Crippen LogP contribution in [0, 0.1) is 0 Å². The lowest BCUT2D eigenvalue weighted by atomic mass is 10.0. The van der Waals surface area contributed by atoms with E-state index in [0.29, 0.717) is 26.3 Å². The van der Waals surface area contributed by atoms with E-state index in [1.54, 1.807) is 42.5 Å². The Morgan fingerprint density at radius 2 is 1.76 bits per heavy atom. The van der Waals surface area contributed by atoms with Gasteiger partial charge in [-0.3, -0.25) is 4.79 Å². The van der Waals surface area contributed by atoms with Crippen LogP contribution in [0.25, 0.3) is 0 Å². The average molecular weight is 311 g/mol. The summed E-state index contributed by atoms with van der Waals surface area (Å²) in [7, 11) is 0. The first-order valence-corrected chi connectivity index (χ1v) is 6.11. The van der Waals surface area contributed by atoms with Gasteiger partial charge in [-0.05, 0) is 52.3 Å². The van der Waals surface area contributed by atoms with Crippen LogP contribution in [0.1, 0.15) is 15.9 Å². The molecule has 86 valence electrons. The molecule has 0 saturated carbocycles. The van der Waals surface area contributed by atoms with E-state index < -0.39 is 0 Å². The molecule has 2 rings (SSSR count). The fraction of sp³-hybridized carbons (Fsp3) is 0. The summed E-state index contributed by atoms with van der Waals surface area (Å²) in [5.74, 6) is -0.115. The number of hydrogen-bond acceptors (Lipinski definition) is 2. The number of carbonyl (C=O) groups is 1. The van der Waals surface area contributed by atoms with Crippen LogP contribution < -0.4 is 5.73 Å². The van der Waals surface area contributed by atoms with Crippen molar-refractivity contribution in [1.82, 2.24) is 0 Å². The Balaban J connectivity index is 2.44. The molecule has 0 aliphatic carbocycles. The molecule has 2 N–H and O–H groups in total. The summed E-state index contributed by atoms with van der Waals surface area (Å²) >= 11 is 9.37. The van der Waals surface area contributed by atoms with Crippen molar-refractivity contribution in [3.8, 4) is 0 Å². The standard InChI is InChI=1S/C13H9BrClNO/c14-11-3-1-2-10(12(11)15)13(17)8-4-6-9(16)7-5-8/h1-7H,16H2. The molecule has 0 heterocycles. The van der Waals surface area contributed by atoms with Crippen molar-refractivity contribution < 1.29 is 4.79 Å². The van der Waals surface area contributed by atoms with Gasteiger partial charge in [0.15, 0.2) is 5.78 Å². The van der Waals surface area contributed by atoms with E-state index in [-0.39, 0.29) is 5.78 Å². The van der Waals surface area contributed by atoms with E-state index in [0.717, 1.165) is 0 Å². The number of benzene rings is 2. The third-order valence-electron chi connectivity index (χ3n) is 2.37. The quantitative estimate of drug-likeness (QED) is 0.675. The minimum absolute atomic E-state index is 0.115. The predicted octanol–water partition coefficient (Wildman–Crippen LogP) is 3.92. The first kappa shape index (κ1) is 12.1. The maximum atomic E-state index is 12.2. The van der Waals surface area contributed by atoms with E-state index >= 15 is 0 Å². The van der Waals surface area contributed by atoms with Crippen molar-refractivity contribution in [2.45, 2.75) is 0 Å². The van der Waals surface area contributed by atoms with Crippen molar-refractivity contribution in [2.24, 2.45) is 0 Å². The molecule has 2 aromatic rings. The fourth-order valence-corrected chi connectivity index (χ4v) is 2.05. The van der Waals surface area contributed by atoms with Crippen LogP contribution in [0.3, 0.4) is 0 Å². The van der Waals surface area contributed by atoms with Gasteiger partial charge in [0, 0.05) is 21.3 Å². The van der Waals surface area contributed by atoms with E-state index in [1.165, 1.54) is 0 Å². The van der Waals surface area contributed by atoms with Gasteiger partial charge in [-0.2, -0.15) is 0 Å². The molecule has 0 spiro atoms. The lowest BCUT2D eigenvalue weighted by Gasteiger charge is -2.05. The summed E-state index contributed by atoms with van der Waals surface area (Å²) in [6, 6.07) is 12.0. The van der Waals surface area contributed by atoms with Gasteiger partial charge in [0.1, 0.15) is 0 Å². The van der Waals surface area contributed by atoms with Crippen LogP contribution in [0.4, 0.5) is 5.69 Å². The Kier molecular flexibility index (Phi) is 3.50. The molecule has 0 atom stereocenters. The Morgan fingerprint density at radius 3 is 2.41 bits per heavy atom. The van der Waals surface area contributed by atoms with E-state index in [1.807, 2.05) is 0 Å². The number of nitrogens with two attached hydrogens (primary N) is 1. The van der Waals surface area contributed by atoms with E-state index in [2.05, 4.69) is 15.9 Å². The van der Waals surface area contributed by atoms with Gasteiger partial charge in [-0.1, -0.05) is 17.7 Å². The predicted molar refractivity (Wildman–Crippen MR) is 73.4 cm³/mol. The molecular weight excluding hydrogens is 302 g/mol. The number of anilines is 1. The highest BCUT2D eigenvalue weighted by atomic mass is 79.9. The molecule has 0 bridgehead atoms. The second-order valence-corrected chi connectivity index (χ2v) is 4.78. The lowest BCUT2D eigenvalue weighted by molar-refractivity contribution is 0.103. The van der Waals surface area contributed by atoms with Gasteiger partial charge in [0.25, 0.3) is 0 Å². The number of hydrogen-bond donors (Lipinski definition) is 1. The summed E-state index contributed by atoms with van der Waals surface area (Å²) < 4.78 is 0.709. The van der Waals surface area contributed by atoms with Crippen LogP contribution in [0.5, 0.6) is 0 Å². The van der Waals surface area contributed by atoms with Gasteiger partial charge < -0.3 is 5.73 Å². The molecular formula is C13H9BrClNO. The van der Waals surface area contributed by atoms with Crippen molar-refractivity contribution in [3.05, 3.63) is 63.1 Å². The molecule has 0 saturated heterocycles. The van der Waals surface area contributed by atoms with Gasteiger partial charge in [-0.15, -0.1) is 0 Å². The van der Waals surface area contributed by atoms with Gasteiger partial charge in [-0.25, -0.2) is 0 Å². The number of rotatable bonds is 2. The van der Waals surface area contributed by atoms with Crippen LogP contribution in [-0.2, 0) is 0 Å². The Bertz CT molecular complexity index is 566. The van der Waals surface area contributed by atoms with Crippen LogP contribution in [-0.4, -0.2) is 5.78 Å². The van der Waals surface area contributed by atoms with Crippen LogP contribution in [0.2, 0.25) is 5.02 Å². The molecule has 0 aliphatic heterocycles. The molecule has 2 aromatic carbocycles. The zero-order valence-corrected chi connectivity index (χ0v) is 11.1. The van der Waals surface area contributed by atoms with Crippen molar-refractivity contribution in [2.75, 3.05) is 5.73 Å². The first-order valence-electron chi connectivity index (χ1n) is 4.94. The van der Waals surface area contributed by atoms with Crippen LogP contribution in [0.15, 0.2) is 46.9 Å². The summed E-state index contributed by atoms with van der Waals surface area (Å²) in [6.45, 7) is 0. The van der Waals surface area contributed by atoms with Crippen LogP contribution >= 0.6 is 27.5 Å². The normalized spacial score (nSPS) is 10.2. The minimum Gasteiger partial charge on any atom is -0.399 e. The fourth-order valence-electron chi connectivity index (χ4n) is 1.47. The summed E-state index contributed by atoms with van der Waals surface area (Å²) in [5.41, 5.74) is 7.25. The molecule has 4 heteroatoms. The van der Waals surface area contributed by atoms with Gasteiger partial charge in [0.2, 0.25) is 0 Å². The molecule has 0 unspecified atom stereocenters. The highest BCUT2D eigenvalue weighted by Gasteiger charge is 2.14.